The number of hydrazone groups is 1. The van der Waals surface area contributed by atoms with Gasteiger partial charge in [-0.05, 0) is 42.0 Å². The first kappa shape index (κ1) is 21.1. The maximum Gasteiger partial charge on any atom is 0.270 e. The normalized spacial score (nSPS) is 18.6. The van der Waals surface area contributed by atoms with Gasteiger partial charge in [0, 0.05) is 34.7 Å². The number of methoxy groups -OCH3 is 2. The molecule has 0 amide bonds. The molecule has 0 bridgehead atoms. The zero-order valence-corrected chi connectivity index (χ0v) is 18.7. The van der Waals surface area contributed by atoms with Gasteiger partial charge in [0.25, 0.3) is 5.69 Å². The highest BCUT2D eigenvalue weighted by atomic mass is 35.5. The topological polar surface area (TPSA) is 86.4 Å². The number of nitro groups is 1. The summed E-state index contributed by atoms with van der Waals surface area (Å²) in [7, 11) is 3.16. The molecule has 0 aliphatic carbocycles. The van der Waals surface area contributed by atoms with Gasteiger partial charge in [-0.25, -0.2) is 5.01 Å². The van der Waals surface area contributed by atoms with Crippen LogP contribution < -0.4 is 14.2 Å². The Hall–Kier alpha value is -3.78. The first-order valence-electron chi connectivity index (χ1n) is 10.3. The summed E-state index contributed by atoms with van der Waals surface area (Å²) in [5, 5.41) is 18.8. The van der Waals surface area contributed by atoms with Crippen molar-refractivity contribution in [3.05, 3.63) is 92.5 Å². The number of nitrogens with zero attached hydrogens (tertiary/aromatic N) is 3. The van der Waals surface area contributed by atoms with Gasteiger partial charge >= 0.3 is 0 Å². The molecule has 0 spiro atoms. The zero-order valence-electron chi connectivity index (χ0n) is 17.9. The Kier molecular flexibility index (Phi) is 5.30. The summed E-state index contributed by atoms with van der Waals surface area (Å²) >= 11 is 6.05. The Morgan fingerprint density at radius 3 is 2.52 bits per heavy atom. The second kappa shape index (κ2) is 8.29. The van der Waals surface area contributed by atoms with Crippen LogP contribution in [0.3, 0.4) is 0 Å². The summed E-state index contributed by atoms with van der Waals surface area (Å²) in [6.07, 6.45) is 0.0247. The lowest BCUT2D eigenvalue weighted by Gasteiger charge is -2.38. The summed E-state index contributed by atoms with van der Waals surface area (Å²) < 4.78 is 17.2. The van der Waals surface area contributed by atoms with Gasteiger partial charge in [-0.2, -0.15) is 5.10 Å². The third-order valence-corrected chi connectivity index (χ3v) is 6.11. The molecule has 2 heterocycles. The van der Waals surface area contributed by atoms with Gasteiger partial charge in [0.05, 0.1) is 30.9 Å². The molecule has 0 saturated heterocycles. The summed E-state index contributed by atoms with van der Waals surface area (Å²) in [6, 6.07) is 17.5. The molecular weight excluding hydrogens is 446 g/mol. The maximum absolute atomic E-state index is 11.4. The molecule has 2 atom stereocenters. The first-order valence-corrected chi connectivity index (χ1v) is 10.6. The van der Waals surface area contributed by atoms with E-state index in [-0.39, 0.29) is 11.7 Å². The second-order valence-electron chi connectivity index (χ2n) is 7.72. The van der Waals surface area contributed by atoms with E-state index < -0.39 is 11.2 Å². The smallest absolute Gasteiger partial charge is 0.270 e. The third-order valence-electron chi connectivity index (χ3n) is 5.85. The van der Waals surface area contributed by atoms with Crippen molar-refractivity contribution in [3.63, 3.8) is 0 Å². The molecule has 33 heavy (non-hydrogen) atoms. The number of hydrogen-bond acceptors (Lipinski definition) is 7. The molecule has 8 nitrogen and oxygen atoms in total. The van der Waals surface area contributed by atoms with E-state index in [4.69, 9.17) is 30.9 Å². The van der Waals surface area contributed by atoms with Crippen LogP contribution in [0.25, 0.3) is 0 Å². The first-order chi connectivity index (χ1) is 16.0. The van der Waals surface area contributed by atoms with Crippen LogP contribution in [0.15, 0.2) is 65.8 Å². The number of nitro benzene ring substituents is 1. The monoisotopic (exact) mass is 465 g/mol. The summed E-state index contributed by atoms with van der Waals surface area (Å²) in [5.74, 6) is 1.77. The van der Waals surface area contributed by atoms with E-state index in [0.717, 1.165) is 22.4 Å². The van der Waals surface area contributed by atoms with Crippen LogP contribution in [0, 0.1) is 10.1 Å². The van der Waals surface area contributed by atoms with E-state index in [0.29, 0.717) is 28.7 Å². The van der Waals surface area contributed by atoms with E-state index >= 15 is 0 Å². The molecule has 2 aliphatic rings. The minimum atomic E-state index is -0.548. The molecule has 168 valence electrons. The van der Waals surface area contributed by atoms with Crippen molar-refractivity contribution < 1.29 is 19.1 Å². The SMILES string of the molecule is COc1ccc([C@@H]2Oc3ccc([N+](=O)[O-])cc3[C@H]3CC(c4ccc(Cl)cc4)=NN32)cc1OC. The lowest BCUT2D eigenvalue weighted by molar-refractivity contribution is -0.385. The molecule has 2 aliphatic heterocycles. The van der Waals surface area contributed by atoms with E-state index in [1.54, 1.807) is 26.4 Å². The Morgan fingerprint density at radius 1 is 1.06 bits per heavy atom. The Labute approximate surface area is 195 Å². The van der Waals surface area contributed by atoms with Crippen LogP contribution >= 0.6 is 11.6 Å². The van der Waals surface area contributed by atoms with E-state index in [9.17, 15) is 10.1 Å². The molecule has 0 aromatic heterocycles. The van der Waals surface area contributed by atoms with Crippen LogP contribution in [0.1, 0.15) is 35.4 Å². The Balaban J connectivity index is 1.61. The number of fused-ring (bicyclic) bond motifs is 3. The van der Waals surface area contributed by atoms with Gasteiger partial charge < -0.3 is 14.2 Å². The number of rotatable bonds is 5. The molecule has 3 aromatic carbocycles. The third kappa shape index (κ3) is 3.72. The standard InChI is InChI=1S/C24H20ClN3O5/c1-31-22-9-5-15(11-23(22)32-2)24-27-20(13-19(26-27)14-3-6-16(25)7-4-14)18-12-17(28(29)30)8-10-21(18)33-24/h3-12,20,24H,13H2,1-2H3/t20-,24+/m1/s1. The number of non-ortho nitro benzene ring substituents is 1. The van der Waals surface area contributed by atoms with Crippen molar-refractivity contribution >= 4 is 23.0 Å². The van der Waals surface area contributed by atoms with Gasteiger partial charge in [0.1, 0.15) is 5.75 Å². The highest BCUT2D eigenvalue weighted by molar-refractivity contribution is 6.30. The molecule has 0 radical (unpaired) electrons. The number of halogens is 1. The van der Waals surface area contributed by atoms with Crippen molar-refractivity contribution in [1.82, 2.24) is 5.01 Å². The van der Waals surface area contributed by atoms with Gasteiger partial charge in [0.2, 0.25) is 6.23 Å². The van der Waals surface area contributed by atoms with Crippen molar-refractivity contribution in [3.8, 4) is 17.2 Å². The van der Waals surface area contributed by atoms with Gasteiger partial charge in [-0.1, -0.05) is 23.7 Å². The van der Waals surface area contributed by atoms with Crippen molar-refractivity contribution in [2.75, 3.05) is 14.2 Å². The predicted molar refractivity (Wildman–Crippen MR) is 123 cm³/mol. The van der Waals surface area contributed by atoms with Gasteiger partial charge in [-0.15, -0.1) is 0 Å². The minimum Gasteiger partial charge on any atom is -0.493 e. The van der Waals surface area contributed by atoms with Crippen molar-refractivity contribution in [1.29, 1.82) is 0 Å². The van der Waals surface area contributed by atoms with E-state index in [1.807, 2.05) is 47.5 Å². The molecule has 0 fully saturated rings. The van der Waals surface area contributed by atoms with Gasteiger partial charge in [-0.3, -0.25) is 10.1 Å². The summed E-state index contributed by atoms with van der Waals surface area (Å²) in [6.45, 7) is 0. The fraction of sp³-hybridized carbons (Fsp3) is 0.208. The quantitative estimate of drug-likeness (QED) is 0.365. The van der Waals surface area contributed by atoms with Crippen LogP contribution in [-0.4, -0.2) is 29.9 Å². The number of ether oxygens (including phenoxy) is 3. The lowest BCUT2D eigenvalue weighted by Crippen LogP contribution is -2.33. The van der Waals surface area contributed by atoms with Gasteiger partial charge in [0.15, 0.2) is 11.5 Å². The average Bonchev–Trinajstić information content (AvgIpc) is 3.29. The number of hydrogen-bond donors (Lipinski definition) is 0. The summed E-state index contributed by atoms with van der Waals surface area (Å²) in [4.78, 5) is 11.0. The molecular formula is C24H20ClN3O5. The molecule has 3 aromatic rings. The molecule has 0 saturated carbocycles. The molecule has 9 heteroatoms. The second-order valence-corrected chi connectivity index (χ2v) is 8.15. The minimum absolute atomic E-state index is 0.0156. The lowest BCUT2D eigenvalue weighted by atomic mass is 9.95. The molecule has 5 rings (SSSR count). The largest absolute Gasteiger partial charge is 0.493 e. The van der Waals surface area contributed by atoms with E-state index in [1.165, 1.54) is 6.07 Å². The van der Waals surface area contributed by atoms with Crippen LogP contribution in [0.2, 0.25) is 5.02 Å². The van der Waals surface area contributed by atoms with Crippen molar-refractivity contribution in [2.24, 2.45) is 5.10 Å². The van der Waals surface area contributed by atoms with Crippen molar-refractivity contribution in [2.45, 2.75) is 18.7 Å². The predicted octanol–water partition coefficient (Wildman–Crippen LogP) is 5.51. The Morgan fingerprint density at radius 2 is 1.82 bits per heavy atom. The van der Waals surface area contributed by atoms with Crippen LogP contribution in [0.4, 0.5) is 5.69 Å². The van der Waals surface area contributed by atoms with Crippen LogP contribution in [0.5, 0.6) is 17.2 Å². The zero-order chi connectivity index (χ0) is 23.1. The van der Waals surface area contributed by atoms with Crippen LogP contribution in [-0.2, 0) is 0 Å². The fourth-order valence-corrected chi connectivity index (χ4v) is 4.36. The maximum atomic E-state index is 11.4. The molecule has 0 N–H and O–H groups in total. The Bertz CT molecular complexity index is 1260. The summed E-state index contributed by atoms with van der Waals surface area (Å²) in [5.41, 5.74) is 3.36. The fourth-order valence-electron chi connectivity index (χ4n) is 4.23. The highest BCUT2D eigenvalue weighted by Gasteiger charge is 2.42. The van der Waals surface area contributed by atoms with E-state index in [2.05, 4.69) is 0 Å². The average molecular weight is 466 g/mol. The number of benzene rings is 3. The highest BCUT2D eigenvalue weighted by Crippen LogP contribution is 2.49. The molecule has 0 unspecified atom stereocenters.